The van der Waals surface area contributed by atoms with Crippen LogP contribution >= 0.6 is 0 Å². The number of rotatable bonds is 5. The predicted molar refractivity (Wildman–Crippen MR) is 94.6 cm³/mol. The van der Waals surface area contributed by atoms with Crippen LogP contribution in [0.3, 0.4) is 0 Å². The third kappa shape index (κ3) is 4.75. The third-order valence-corrected chi connectivity index (χ3v) is 5.24. The van der Waals surface area contributed by atoms with Crippen LogP contribution in [0.4, 0.5) is 5.95 Å². The first-order valence-corrected chi connectivity index (χ1v) is 9.57. The summed E-state index contributed by atoms with van der Waals surface area (Å²) in [5.41, 5.74) is 0.769. The number of ether oxygens (including phenoxy) is 1. The second-order valence-electron chi connectivity index (χ2n) is 6.65. The second-order valence-corrected chi connectivity index (χ2v) is 8.33. The van der Waals surface area contributed by atoms with Crippen LogP contribution in [-0.2, 0) is 21.3 Å². The van der Waals surface area contributed by atoms with E-state index in [9.17, 15) is 8.42 Å². The molecule has 2 aromatic rings. The molecule has 0 aliphatic carbocycles. The molecule has 134 valence electrons. The Morgan fingerprint density at radius 1 is 1.20 bits per heavy atom. The summed E-state index contributed by atoms with van der Waals surface area (Å²) in [7, 11) is -3.67. The van der Waals surface area contributed by atoms with E-state index in [1.165, 1.54) is 12.1 Å². The average Bonchev–Trinajstić information content (AvgIpc) is 2.56. The molecule has 0 amide bonds. The molecule has 1 N–H and O–H groups in total. The van der Waals surface area contributed by atoms with Crippen molar-refractivity contribution in [1.29, 1.82) is 0 Å². The number of sulfonamides is 1. The summed E-state index contributed by atoms with van der Waals surface area (Å²) >= 11 is 0. The monoisotopic (exact) mass is 362 g/mol. The summed E-state index contributed by atoms with van der Waals surface area (Å²) in [6, 6.07) is 8.15. The van der Waals surface area contributed by atoms with Gasteiger partial charge in [-0.05, 0) is 26.0 Å². The molecule has 0 unspecified atom stereocenters. The number of anilines is 1. The van der Waals surface area contributed by atoms with E-state index in [0.717, 1.165) is 18.7 Å². The van der Waals surface area contributed by atoms with Crippen molar-refractivity contribution in [3.63, 3.8) is 0 Å². The number of aromatic nitrogens is 2. The SMILES string of the molecule is CC1(C)CN(Cc2cnc(NS(=O)(=O)c3ccccc3)nc2)CCO1. The van der Waals surface area contributed by atoms with Gasteiger partial charge in [0.2, 0.25) is 5.95 Å². The molecule has 2 heterocycles. The molecule has 0 radical (unpaired) electrons. The summed E-state index contributed by atoms with van der Waals surface area (Å²) in [4.78, 5) is 10.7. The lowest BCUT2D eigenvalue weighted by atomic mass is 10.1. The standard InChI is InChI=1S/C17H22N4O3S/c1-17(2)13-21(8-9-24-17)12-14-10-18-16(19-11-14)20-25(22,23)15-6-4-3-5-7-15/h3-7,10-11H,8-9,12-13H2,1-2H3,(H,18,19,20). The van der Waals surface area contributed by atoms with E-state index in [0.29, 0.717) is 13.2 Å². The smallest absolute Gasteiger partial charge is 0.264 e. The highest BCUT2D eigenvalue weighted by molar-refractivity contribution is 7.92. The lowest BCUT2D eigenvalue weighted by Gasteiger charge is -2.38. The number of nitrogens with one attached hydrogen (secondary N) is 1. The highest BCUT2D eigenvalue weighted by Gasteiger charge is 2.27. The first-order valence-electron chi connectivity index (χ1n) is 8.09. The molecule has 8 heteroatoms. The zero-order chi connectivity index (χ0) is 17.9. The Balaban J connectivity index is 1.64. The van der Waals surface area contributed by atoms with Crippen molar-refractivity contribution in [3.05, 3.63) is 48.3 Å². The van der Waals surface area contributed by atoms with Gasteiger partial charge in [-0.1, -0.05) is 18.2 Å². The lowest BCUT2D eigenvalue weighted by Crippen LogP contribution is -2.47. The minimum atomic E-state index is -3.67. The molecule has 7 nitrogen and oxygen atoms in total. The quantitative estimate of drug-likeness (QED) is 0.874. The molecular weight excluding hydrogens is 340 g/mol. The molecular formula is C17H22N4O3S. The highest BCUT2D eigenvalue weighted by Crippen LogP contribution is 2.18. The Hall–Kier alpha value is -2.03. The molecule has 1 fully saturated rings. The topological polar surface area (TPSA) is 84.4 Å². The third-order valence-electron chi connectivity index (χ3n) is 3.90. The molecule has 0 saturated carbocycles. The zero-order valence-electron chi connectivity index (χ0n) is 14.3. The fraction of sp³-hybridized carbons (Fsp3) is 0.412. The van der Waals surface area contributed by atoms with Crippen molar-refractivity contribution in [2.24, 2.45) is 0 Å². The first-order chi connectivity index (χ1) is 11.8. The largest absolute Gasteiger partial charge is 0.373 e. The van der Waals surface area contributed by atoms with Crippen molar-refractivity contribution in [2.45, 2.75) is 30.9 Å². The van der Waals surface area contributed by atoms with Crippen LogP contribution in [0.2, 0.25) is 0 Å². The zero-order valence-corrected chi connectivity index (χ0v) is 15.2. The van der Waals surface area contributed by atoms with Crippen molar-refractivity contribution < 1.29 is 13.2 Å². The van der Waals surface area contributed by atoms with Gasteiger partial charge in [0.25, 0.3) is 10.0 Å². The molecule has 0 bridgehead atoms. The number of hydrogen-bond acceptors (Lipinski definition) is 6. The Morgan fingerprint density at radius 2 is 1.88 bits per heavy atom. The molecule has 1 aromatic carbocycles. The van der Waals surface area contributed by atoms with Crippen LogP contribution in [0.1, 0.15) is 19.4 Å². The summed E-state index contributed by atoms with van der Waals surface area (Å²) in [5, 5.41) is 0. The van der Waals surface area contributed by atoms with Crippen LogP contribution < -0.4 is 4.72 Å². The molecule has 3 rings (SSSR count). The average molecular weight is 362 g/mol. The van der Waals surface area contributed by atoms with Gasteiger partial charge in [-0.15, -0.1) is 0 Å². The number of nitrogens with zero attached hydrogens (tertiary/aromatic N) is 3. The Labute approximate surface area is 148 Å². The van der Waals surface area contributed by atoms with Crippen molar-refractivity contribution in [3.8, 4) is 0 Å². The molecule has 25 heavy (non-hydrogen) atoms. The minimum Gasteiger partial charge on any atom is -0.373 e. The van der Waals surface area contributed by atoms with Gasteiger partial charge < -0.3 is 4.74 Å². The van der Waals surface area contributed by atoms with E-state index in [-0.39, 0.29) is 16.4 Å². The minimum absolute atomic E-state index is 0.0647. The maximum Gasteiger partial charge on any atom is 0.264 e. The van der Waals surface area contributed by atoms with E-state index in [1.807, 2.05) is 0 Å². The van der Waals surface area contributed by atoms with E-state index in [2.05, 4.69) is 33.4 Å². The number of hydrogen-bond donors (Lipinski definition) is 1. The van der Waals surface area contributed by atoms with Gasteiger partial charge in [-0.2, -0.15) is 0 Å². The van der Waals surface area contributed by atoms with E-state index in [4.69, 9.17) is 4.74 Å². The highest BCUT2D eigenvalue weighted by atomic mass is 32.2. The van der Waals surface area contributed by atoms with Crippen LogP contribution in [-0.4, -0.2) is 48.6 Å². The normalized spacial score (nSPS) is 18.0. The van der Waals surface area contributed by atoms with Crippen LogP contribution in [0.5, 0.6) is 0 Å². The number of benzene rings is 1. The Kier molecular flexibility index (Phi) is 5.03. The summed E-state index contributed by atoms with van der Waals surface area (Å²) < 4.78 is 32.6. The molecule has 1 aliphatic heterocycles. The Bertz CT molecular complexity index is 808. The second kappa shape index (κ2) is 7.07. The summed E-state index contributed by atoms with van der Waals surface area (Å²) in [6.07, 6.45) is 3.30. The van der Waals surface area contributed by atoms with Crippen molar-refractivity contribution in [1.82, 2.24) is 14.9 Å². The van der Waals surface area contributed by atoms with Gasteiger partial charge in [0.05, 0.1) is 17.1 Å². The maximum absolute atomic E-state index is 12.3. The van der Waals surface area contributed by atoms with Crippen LogP contribution in [0.15, 0.2) is 47.6 Å². The number of morpholine rings is 1. The van der Waals surface area contributed by atoms with Crippen LogP contribution in [0.25, 0.3) is 0 Å². The van der Waals surface area contributed by atoms with Crippen LogP contribution in [0, 0.1) is 0 Å². The lowest BCUT2D eigenvalue weighted by molar-refractivity contribution is -0.0883. The van der Waals surface area contributed by atoms with Crippen molar-refractivity contribution in [2.75, 3.05) is 24.4 Å². The van der Waals surface area contributed by atoms with E-state index >= 15 is 0 Å². The van der Waals surface area contributed by atoms with Crippen molar-refractivity contribution >= 4 is 16.0 Å². The van der Waals surface area contributed by atoms with Gasteiger partial charge in [0.15, 0.2) is 0 Å². The first kappa shape index (κ1) is 17.8. The van der Waals surface area contributed by atoms with E-state index < -0.39 is 10.0 Å². The van der Waals surface area contributed by atoms with E-state index in [1.54, 1.807) is 30.6 Å². The predicted octanol–water partition coefficient (Wildman–Crippen LogP) is 1.89. The fourth-order valence-electron chi connectivity index (χ4n) is 2.78. The van der Waals surface area contributed by atoms with Gasteiger partial charge >= 0.3 is 0 Å². The van der Waals surface area contributed by atoms with Gasteiger partial charge in [-0.25, -0.2) is 23.1 Å². The summed E-state index contributed by atoms with van der Waals surface area (Å²) in [6.45, 7) is 7.22. The fourth-order valence-corrected chi connectivity index (χ4v) is 3.75. The molecule has 0 spiro atoms. The van der Waals surface area contributed by atoms with Gasteiger partial charge in [0.1, 0.15) is 0 Å². The molecule has 1 aliphatic rings. The summed E-state index contributed by atoms with van der Waals surface area (Å²) in [5.74, 6) is 0.0647. The maximum atomic E-state index is 12.3. The molecule has 1 aromatic heterocycles. The molecule has 0 atom stereocenters. The molecule has 1 saturated heterocycles. The van der Waals surface area contributed by atoms with Gasteiger partial charge in [0, 0.05) is 37.6 Å². The van der Waals surface area contributed by atoms with Gasteiger partial charge in [-0.3, -0.25) is 4.90 Å². The Morgan fingerprint density at radius 3 is 2.52 bits per heavy atom.